The Labute approximate surface area is 146 Å². The molecule has 24 heavy (non-hydrogen) atoms. The minimum atomic E-state index is -0.399. The summed E-state index contributed by atoms with van der Waals surface area (Å²) in [5.74, 6) is 0.685. The van der Waals surface area contributed by atoms with Crippen LogP contribution in [0.1, 0.15) is 42.6 Å². The number of aromatic nitrogens is 1. The van der Waals surface area contributed by atoms with Crippen molar-refractivity contribution in [2.45, 2.75) is 45.8 Å². The van der Waals surface area contributed by atoms with Gasteiger partial charge in [-0.2, -0.15) is 0 Å². The highest BCUT2D eigenvalue weighted by Crippen LogP contribution is 2.32. The van der Waals surface area contributed by atoms with Crippen LogP contribution in [-0.4, -0.2) is 23.5 Å². The molecule has 2 unspecified atom stereocenters. The molecule has 1 aromatic heterocycles. The largest absolute Gasteiger partial charge is 0.478 e. The Bertz CT molecular complexity index is 729. The summed E-state index contributed by atoms with van der Waals surface area (Å²) in [6.07, 6.45) is 1.18. The fraction of sp³-hybridized carbons (Fsp3) is 0.444. The molecule has 0 spiro atoms. The van der Waals surface area contributed by atoms with Crippen LogP contribution in [0.2, 0.25) is 0 Å². The number of hydrogen-bond donors (Lipinski definition) is 2. The zero-order valence-corrected chi connectivity index (χ0v) is 15.1. The summed E-state index contributed by atoms with van der Waals surface area (Å²) in [6, 6.07) is 6.16. The minimum absolute atomic E-state index is 0.0671. The van der Waals surface area contributed by atoms with Crippen molar-refractivity contribution in [2.24, 2.45) is 0 Å². The van der Waals surface area contributed by atoms with Gasteiger partial charge in [0.2, 0.25) is 0 Å². The van der Waals surface area contributed by atoms with E-state index in [1.807, 2.05) is 32.0 Å². The third kappa shape index (κ3) is 3.76. The Hall–Kier alpha value is -1.92. The van der Waals surface area contributed by atoms with Crippen molar-refractivity contribution in [1.82, 2.24) is 10.3 Å². The number of thiazole rings is 1. The van der Waals surface area contributed by atoms with Crippen molar-refractivity contribution in [3.8, 4) is 5.75 Å². The summed E-state index contributed by atoms with van der Waals surface area (Å²) in [7, 11) is 0. The predicted octanol–water partition coefficient (Wildman–Crippen LogP) is 3.45. The highest BCUT2D eigenvalue weighted by molar-refractivity contribution is 7.09. The number of benzene rings is 1. The van der Waals surface area contributed by atoms with Gasteiger partial charge in [-0.25, -0.2) is 4.98 Å². The maximum Gasteiger partial charge on any atom is 0.265 e. The summed E-state index contributed by atoms with van der Waals surface area (Å²) in [5.41, 5.74) is 3.03. The first-order valence-electron chi connectivity index (χ1n) is 8.32. The standard InChI is InChI=1S/C18H23N3O2S/c1-4-16-18(22)21-15-6-5-13(9-17(15)23-16)11(2)19-8-7-14-10-24-12(3)20-14/h5-6,9-11,16,19H,4,7-8H2,1-3H3,(H,21,22). The fourth-order valence-electron chi connectivity index (χ4n) is 2.76. The number of carbonyl (C=O) groups excluding carboxylic acids is 1. The summed E-state index contributed by atoms with van der Waals surface area (Å²) in [6.45, 7) is 6.98. The minimum Gasteiger partial charge on any atom is -0.478 e. The van der Waals surface area contributed by atoms with Crippen molar-refractivity contribution < 1.29 is 9.53 Å². The molecule has 0 saturated carbocycles. The van der Waals surface area contributed by atoms with Gasteiger partial charge in [-0.05, 0) is 38.0 Å². The topological polar surface area (TPSA) is 63.2 Å². The number of nitrogens with one attached hydrogen (secondary N) is 2. The SMILES string of the molecule is CCC1Oc2cc(C(C)NCCc3csc(C)n3)ccc2NC1=O. The average molecular weight is 345 g/mol. The molecule has 0 bridgehead atoms. The third-order valence-corrected chi connectivity index (χ3v) is 5.02. The second-order valence-corrected chi connectivity index (χ2v) is 7.11. The molecule has 1 aliphatic rings. The molecule has 2 heterocycles. The highest BCUT2D eigenvalue weighted by Gasteiger charge is 2.26. The number of ether oxygens (including phenoxy) is 1. The first-order valence-corrected chi connectivity index (χ1v) is 9.20. The van der Waals surface area contributed by atoms with Crippen molar-refractivity contribution >= 4 is 22.9 Å². The van der Waals surface area contributed by atoms with Gasteiger partial charge in [0, 0.05) is 24.4 Å². The number of amides is 1. The lowest BCUT2D eigenvalue weighted by atomic mass is 10.1. The van der Waals surface area contributed by atoms with Crippen LogP contribution >= 0.6 is 11.3 Å². The Morgan fingerprint density at radius 3 is 3.00 bits per heavy atom. The van der Waals surface area contributed by atoms with Gasteiger partial charge in [-0.3, -0.25) is 4.79 Å². The Balaban J connectivity index is 1.61. The van der Waals surface area contributed by atoms with Crippen LogP contribution in [0.25, 0.3) is 0 Å². The summed E-state index contributed by atoms with van der Waals surface area (Å²) < 4.78 is 5.81. The van der Waals surface area contributed by atoms with E-state index in [0.717, 1.165) is 40.7 Å². The van der Waals surface area contributed by atoms with Crippen molar-refractivity contribution in [3.05, 3.63) is 39.8 Å². The summed E-state index contributed by atoms with van der Waals surface area (Å²) in [4.78, 5) is 16.3. The van der Waals surface area contributed by atoms with Crippen molar-refractivity contribution in [3.63, 3.8) is 0 Å². The zero-order valence-electron chi connectivity index (χ0n) is 14.3. The quantitative estimate of drug-likeness (QED) is 0.842. The number of fused-ring (bicyclic) bond motifs is 1. The van der Waals surface area contributed by atoms with Crippen LogP contribution in [0.3, 0.4) is 0 Å². The highest BCUT2D eigenvalue weighted by atomic mass is 32.1. The molecule has 1 aromatic carbocycles. The van der Waals surface area contributed by atoms with E-state index in [1.54, 1.807) is 11.3 Å². The fourth-order valence-corrected chi connectivity index (χ4v) is 3.40. The molecule has 2 atom stereocenters. The molecule has 1 aliphatic heterocycles. The van der Waals surface area contributed by atoms with Gasteiger partial charge in [-0.15, -0.1) is 11.3 Å². The third-order valence-electron chi connectivity index (χ3n) is 4.19. The van der Waals surface area contributed by atoms with E-state index in [-0.39, 0.29) is 11.9 Å². The lowest BCUT2D eigenvalue weighted by Gasteiger charge is -2.26. The van der Waals surface area contributed by atoms with E-state index in [9.17, 15) is 4.79 Å². The van der Waals surface area contributed by atoms with Crippen molar-refractivity contribution in [2.75, 3.05) is 11.9 Å². The van der Waals surface area contributed by atoms with Crippen LogP contribution in [-0.2, 0) is 11.2 Å². The molecule has 128 valence electrons. The molecule has 6 heteroatoms. The molecule has 0 saturated heterocycles. The second kappa shape index (κ2) is 7.32. The summed E-state index contributed by atoms with van der Waals surface area (Å²) in [5, 5.41) is 9.64. The van der Waals surface area contributed by atoms with Gasteiger partial charge in [0.15, 0.2) is 6.10 Å². The van der Waals surface area contributed by atoms with Crippen LogP contribution in [0.4, 0.5) is 5.69 Å². The molecule has 5 nitrogen and oxygen atoms in total. The molecule has 0 fully saturated rings. The number of anilines is 1. The normalized spacial score (nSPS) is 17.8. The van der Waals surface area contributed by atoms with E-state index < -0.39 is 6.10 Å². The molecule has 0 radical (unpaired) electrons. The maximum absolute atomic E-state index is 11.8. The molecule has 2 N–H and O–H groups in total. The lowest BCUT2D eigenvalue weighted by Crippen LogP contribution is -2.36. The van der Waals surface area contributed by atoms with E-state index in [0.29, 0.717) is 6.42 Å². The molecule has 0 aliphatic carbocycles. The van der Waals surface area contributed by atoms with Gasteiger partial charge in [0.1, 0.15) is 5.75 Å². The number of aryl methyl sites for hydroxylation is 1. The Morgan fingerprint density at radius 1 is 1.46 bits per heavy atom. The van der Waals surface area contributed by atoms with Gasteiger partial charge >= 0.3 is 0 Å². The van der Waals surface area contributed by atoms with E-state index >= 15 is 0 Å². The van der Waals surface area contributed by atoms with Gasteiger partial charge in [0.05, 0.1) is 16.4 Å². The molecule has 1 amide bonds. The first-order chi connectivity index (χ1) is 11.6. The van der Waals surface area contributed by atoms with Gasteiger partial charge < -0.3 is 15.4 Å². The van der Waals surface area contributed by atoms with Crippen LogP contribution in [0.15, 0.2) is 23.6 Å². The molecule has 2 aromatic rings. The monoisotopic (exact) mass is 345 g/mol. The number of carbonyl (C=O) groups is 1. The molecule has 3 rings (SSSR count). The van der Waals surface area contributed by atoms with Crippen LogP contribution in [0.5, 0.6) is 5.75 Å². The first kappa shape index (κ1) is 16.9. The number of hydrogen-bond acceptors (Lipinski definition) is 5. The molecular formula is C18H23N3O2S. The number of rotatable bonds is 6. The Kier molecular flexibility index (Phi) is 5.16. The average Bonchev–Trinajstić information content (AvgIpc) is 2.99. The lowest BCUT2D eigenvalue weighted by molar-refractivity contribution is -0.123. The second-order valence-electron chi connectivity index (χ2n) is 6.04. The molecular weight excluding hydrogens is 322 g/mol. The van der Waals surface area contributed by atoms with E-state index in [1.165, 1.54) is 0 Å². The zero-order chi connectivity index (χ0) is 17.1. The van der Waals surface area contributed by atoms with E-state index in [4.69, 9.17) is 4.74 Å². The summed E-state index contributed by atoms with van der Waals surface area (Å²) >= 11 is 1.69. The number of nitrogens with zero attached hydrogens (tertiary/aromatic N) is 1. The van der Waals surface area contributed by atoms with E-state index in [2.05, 4.69) is 27.9 Å². The van der Waals surface area contributed by atoms with Crippen LogP contribution in [0, 0.1) is 6.92 Å². The smallest absolute Gasteiger partial charge is 0.265 e. The predicted molar refractivity (Wildman–Crippen MR) is 96.8 cm³/mol. The maximum atomic E-state index is 11.8. The van der Waals surface area contributed by atoms with Gasteiger partial charge in [-0.1, -0.05) is 13.0 Å². The Morgan fingerprint density at radius 2 is 2.29 bits per heavy atom. The van der Waals surface area contributed by atoms with Gasteiger partial charge in [0.25, 0.3) is 5.91 Å². The van der Waals surface area contributed by atoms with Crippen molar-refractivity contribution in [1.29, 1.82) is 0 Å². The van der Waals surface area contributed by atoms with Crippen LogP contribution < -0.4 is 15.4 Å².